The van der Waals surface area contributed by atoms with E-state index in [1.807, 2.05) is 38.1 Å². The second kappa shape index (κ2) is 9.97. The number of aryl methyl sites for hydroxylation is 2. The summed E-state index contributed by atoms with van der Waals surface area (Å²) in [6, 6.07) is 10.8. The van der Waals surface area contributed by atoms with Gasteiger partial charge in [-0.3, -0.25) is 4.79 Å². The zero-order valence-corrected chi connectivity index (χ0v) is 17.4. The molecule has 29 heavy (non-hydrogen) atoms. The van der Waals surface area contributed by atoms with Gasteiger partial charge in [0.1, 0.15) is 28.9 Å². The average Bonchev–Trinajstić information content (AvgIpc) is 3.07. The number of rotatable bonds is 9. The number of nitrogens with one attached hydrogen (secondary N) is 1. The summed E-state index contributed by atoms with van der Waals surface area (Å²) in [5.41, 5.74) is 2.42. The van der Waals surface area contributed by atoms with Crippen LogP contribution >= 0.6 is 11.8 Å². The monoisotopic (exact) mass is 413 g/mol. The van der Waals surface area contributed by atoms with E-state index in [0.717, 1.165) is 28.5 Å². The van der Waals surface area contributed by atoms with Crippen molar-refractivity contribution in [2.75, 3.05) is 20.3 Å². The lowest BCUT2D eigenvalue weighted by atomic mass is 10.2. The Kier molecular flexibility index (Phi) is 7.13. The van der Waals surface area contributed by atoms with Crippen molar-refractivity contribution < 1.29 is 18.8 Å². The second-order valence-corrected chi connectivity index (χ2v) is 7.19. The van der Waals surface area contributed by atoms with E-state index in [1.165, 1.54) is 11.8 Å². The highest BCUT2D eigenvalue weighted by molar-refractivity contribution is 7.98. The van der Waals surface area contributed by atoms with E-state index in [4.69, 9.17) is 14.0 Å². The summed E-state index contributed by atoms with van der Waals surface area (Å²) in [4.78, 5) is 16.9. The first-order valence-electron chi connectivity index (χ1n) is 9.13. The maximum Gasteiger partial charge on any atom is 0.254 e. The Morgan fingerprint density at radius 1 is 1.17 bits per heavy atom. The largest absolute Gasteiger partial charge is 0.497 e. The van der Waals surface area contributed by atoms with Gasteiger partial charge in [0, 0.05) is 17.5 Å². The molecule has 8 heteroatoms. The molecule has 7 nitrogen and oxygen atoms in total. The van der Waals surface area contributed by atoms with Crippen LogP contribution in [0.15, 0.2) is 52.1 Å². The van der Waals surface area contributed by atoms with Gasteiger partial charge < -0.3 is 19.3 Å². The van der Waals surface area contributed by atoms with Gasteiger partial charge in [0.2, 0.25) is 0 Å². The first-order chi connectivity index (χ1) is 14.1. The number of amides is 1. The number of benzene rings is 1. The van der Waals surface area contributed by atoms with Crippen LogP contribution in [0.2, 0.25) is 0 Å². The van der Waals surface area contributed by atoms with Crippen molar-refractivity contribution in [3.8, 4) is 11.5 Å². The molecule has 0 spiro atoms. The molecule has 0 aliphatic carbocycles. The molecule has 3 aromatic rings. The highest BCUT2D eigenvalue weighted by Crippen LogP contribution is 2.27. The molecule has 0 radical (unpaired) electrons. The van der Waals surface area contributed by atoms with E-state index < -0.39 is 0 Å². The summed E-state index contributed by atoms with van der Waals surface area (Å²) in [5, 5.41) is 7.50. The Bertz CT molecular complexity index is 937. The third-order valence-corrected chi connectivity index (χ3v) is 5.30. The summed E-state index contributed by atoms with van der Waals surface area (Å²) < 4.78 is 15.9. The predicted octanol–water partition coefficient (Wildman–Crippen LogP) is 3.80. The van der Waals surface area contributed by atoms with Crippen molar-refractivity contribution in [3.05, 3.63) is 65.2 Å². The minimum atomic E-state index is -0.183. The Balaban J connectivity index is 1.52. The molecule has 0 unspecified atom stereocenters. The molecule has 2 heterocycles. The van der Waals surface area contributed by atoms with Crippen molar-refractivity contribution in [2.45, 2.75) is 24.6 Å². The van der Waals surface area contributed by atoms with Gasteiger partial charge in [-0.2, -0.15) is 0 Å². The van der Waals surface area contributed by atoms with E-state index in [2.05, 4.69) is 15.5 Å². The molecule has 0 aliphatic heterocycles. The molecule has 0 bridgehead atoms. The number of ether oxygens (including phenoxy) is 2. The lowest BCUT2D eigenvalue weighted by Crippen LogP contribution is -2.28. The second-order valence-electron chi connectivity index (χ2n) is 6.23. The van der Waals surface area contributed by atoms with Gasteiger partial charge in [-0.1, -0.05) is 5.16 Å². The van der Waals surface area contributed by atoms with Crippen LogP contribution < -0.4 is 14.8 Å². The molecule has 3 rings (SSSR count). The standard InChI is InChI=1S/C21H23N3O4S/c1-14-19(15(2)28-24-14)13-29-21-18(5-4-10-23-21)20(25)22-11-12-27-17-8-6-16(26-3)7-9-17/h4-10H,11-13H2,1-3H3,(H,22,25). The fraction of sp³-hybridized carbons (Fsp3) is 0.286. The van der Waals surface area contributed by atoms with Crippen molar-refractivity contribution in [1.82, 2.24) is 15.5 Å². The Morgan fingerprint density at radius 2 is 1.93 bits per heavy atom. The molecule has 1 N–H and O–H groups in total. The lowest BCUT2D eigenvalue weighted by molar-refractivity contribution is 0.0943. The molecule has 0 aliphatic rings. The molecule has 0 atom stereocenters. The topological polar surface area (TPSA) is 86.5 Å². The maximum absolute atomic E-state index is 12.6. The average molecular weight is 413 g/mol. The lowest BCUT2D eigenvalue weighted by Gasteiger charge is -2.10. The third-order valence-electron chi connectivity index (χ3n) is 4.27. The number of carbonyl (C=O) groups is 1. The molecule has 152 valence electrons. The van der Waals surface area contributed by atoms with Crippen molar-refractivity contribution in [1.29, 1.82) is 0 Å². The molecular weight excluding hydrogens is 390 g/mol. The van der Waals surface area contributed by atoms with Crippen LogP contribution in [-0.2, 0) is 5.75 Å². The highest BCUT2D eigenvalue weighted by Gasteiger charge is 2.15. The molecule has 1 aromatic carbocycles. The van der Waals surface area contributed by atoms with Crippen LogP contribution in [0.3, 0.4) is 0 Å². The molecule has 0 saturated carbocycles. The summed E-state index contributed by atoms with van der Waals surface area (Å²) in [6.45, 7) is 4.53. The number of hydrogen-bond acceptors (Lipinski definition) is 7. The van der Waals surface area contributed by atoms with E-state index >= 15 is 0 Å². The van der Waals surface area contributed by atoms with Gasteiger partial charge >= 0.3 is 0 Å². The van der Waals surface area contributed by atoms with Gasteiger partial charge in [-0.25, -0.2) is 4.98 Å². The Morgan fingerprint density at radius 3 is 2.62 bits per heavy atom. The first-order valence-corrected chi connectivity index (χ1v) is 10.1. The normalized spacial score (nSPS) is 10.6. The number of thioether (sulfide) groups is 1. The molecule has 0 saturated heterocycles. The molecule has 0 fully saturated rings. The summed E-state index contributed by atoms with van der Waals surface area (Å²) in [7, 11) is 1.62. The number of carbonyl (C=O) groups excluding carboxylic acids is 1. The first kappa shape index (κ1) is 20.7. The molecule has 1 amide bonds. The van der Waals surface area contributed by atoms with Gasteiger partial charge in [-0.05, 0) is 50.2 Å². The fourth-order valence-corrected chi connectivity index (χ4v) is 3.77. The van der Waals surface area contributed by atoms with E-state index in [1.54, 1.807) is 25.4 Å². The van der Waals surface area contributed by atoms with Crippen molar-refractivity contribution in [3.63, 3.8) is 0 Å². The smallest absolute Gasteiger partial charge is 0.254 e. The predicted molar refractivity (Wildman–Crippen MR) is 111 cm³/mol. The zero-order chi connectivity index (χ0) is 20.6. The van der Waals surface area contributed by atoms with Crippen molar-refractivity contribution >= 4 is 17.7 Å². The fourth-order valence-electron chi connectivity index (χ4n) is 2.63. The van der Waals surface area contributed by atoms with Gasteiger partial charge in [0.25, 0.3) is 5.91 Å². The number of pyridine rings is 1. The van der Waals surface area contributed by atoms with E-state index in [0.29, 0.717) is 29.5 Å². The van der Waals surface area contributed by atoms with E-state index in [9.17, 15) is 4.79 Å². The molecular formula is C21H23N3O4S. The number of methoxy groups -OCH3 is 1. The molecule has 2 aromatic heterocycles. The number of hydrogen-bond donors (Lipinski definition) is 1. The summed E-state index contributed by atoms with van der Waals surface area (Å²) >= 11 is 1.49. The SMILES string of the molecule is COc1ccc(OCCNC(=O)c2cccnc2SCc2c(C)noc2C)cc1. The van der Waals surface area contributed by atoms with E-state index in [-0.39, 0.29) is 5.91 Å². The maximum atomic E-state index is 12.6. The van der Waals surface area contributed by atoms with Gasteiger partial charge in [-0.15, -0.1) is 11.8 Å². The third kappa shape index (κ3) is 5.51. The summed E-state index contributed by atoms with van der Waals surface area (Å²) in [6.07, 6.45) is 1.68. The minimum Gasteiger partial charge on any atom is -0.497 e. The quantitative estimate of drug-likeness (QED) is 0.422. The summed E-state index contributed by atoms with van der Waals surface area (Å²) in [5.74, 6) is 2.73. The van der Waals surface area contributed by atoms with Gasteiger partial charge in [0.05, 0.1) is 24.9 Å². The van der Waals surface area contributed by atoms with Crippen molar-refractivity contribution in [2.24, 2.45) is 0 Å². The highest BCUT2D eigenvalue weighted by atomic mass is 32.2. The van der Waals surface area contributed by atoms with Crippen LogP contribution in [0, 0.1) is 13.8 Å². The van der Waals surface area contributed by atoms with Gasteiger partial charge in [0.15, 0.2) is 0 Å². The van der Waals surface area contributed by atoms with Crippen LogP contribution in [0.5, 0.6) is 11.5 Å². The number of aromatic nitrogens is 2. The van der Waals surface area contributed by atoms with Crippen LogP contribution in [0.25, 0.3) is 0 Å². The number of nitrogens with zero attached hydrogens (tertiary/aromatic N) is 2. The zero-order valence-electron chi connectivity index (χ0n) is 16.6. The van der Waals surface area contributed by atoms with Crippen LogP contribution in [0.1, 0.15) is 27.4 Å². The Hall–Kier alpha value is -3.00. The van der Waals surface area contributed by atoms with Crippen LogP contribution in [-0.4, -0.2) is 36.3 Å². The minimum absolute atomic E-state index is 0.183. The van der Waals surface area contributed by atoms with Crippen LogP contribution in [0.4, 0.5) is 0 Å². The Labute approximate surface area is 173 Å².